The van der Waals surface area contributed by atoms with E-state index in [1.54, 1.807) is 7.11 Å². The second-order valence-corrected chi connectivity index (χ2v) is 7.99. The first-order chi connectivity index (χ1) is 10.1. The number of rotatable bonds is 2. The van der Waals surface area contributed by atoms with Crippen molar-refractivity contribution in [3.63, 3.8) is 0 Å². The fourth-order valence-corrected chi connectivity index (χ4v) is 2.65. The number of benzene rings is 2. The first-order valence-corrected chi connectivity index (χ1v) is 7.92. The van der Waals surface area contributed by atoms with E-state index in [4.69, 9.17) is 4.74 Å². The topological polar surface area (TPSA) is 9.23 Å². The molecule has 0 aromatic heterocycles. The summed E-state index contributed by atoms with van der Waals surface area (Å²) < 4.78 is 5.61. The summed E-state index contributed by atoms with van der Waals surface area (Å²) in [6.07, 6.45) is 0. The van der Waals surface area contributed by atoms with Crippen LogP contribution in [0, 0.1) is 0 Å². The molecule has 0 aliphatic heterocycles. The highest BCUT2D eigenvalue weighted by Gasteiger charge is 2.19. The third-order valence-corrected chi connectivity index (χ3v) is 4.09. The molecule has 22 heavy (non-hydrogen) atoms. The van der Waals surface area contributed by atoms with Crippen molar-refractivity contribution >= 4 is 0 Å². The van der Waals surface area contributed by atoms with Gasteiger partial charge in [0, 0.05) is 0 Å². The van der Waals surface area contributed by atoms with Crippen LogP contribution in [0.3, 0.4) is 0 Å². The van der Waals surface area contributed by atoms with Crippen molar-refractivity contribution in [1.29, 1.82) is 0 Å². The lowest BCUT2D eigenvalue weighted by molar-refractivity contribution is 0.398. The summed E-state index contributed by atoms with van der Waals surface area (Å²) in [5.74, 6) is 0.963. The Bertz CT molecular complexity index is 637. The molecule has 0 unspecified atom stereocenters. The summed E-state index contributed by atoms with van der Waals surface area (Å²) in [6, 6.07) is 15.4. The molecule has 118 valence electrons. The zero-order valence-corrected chi connectivity index (χ0v) is 14.9. The molecule has 0 heterocycles. The van der Waals surface area contributed by atoms with Crippen LogP contribution in [0.1, 0.15) is 52.7 Å². The van der Waals surface area contributed by atoms with Gasteiger partial charge >= 0.3 is 0 Å². The Morgan fingerprint density at radius 2 is 1.23 bits per heavy atom. The van der Waals surface area contributed by atoms with Gasteiger partial charge in [0.25, 0.3) is 0 Å². The molecule has 0 aliphatic carbocycles. The van der Waals surface area contributed by atoms with Gasteiger partial charge in [0.05, 0.1) is 7.11 Å². The summed E-state index contributed by atoms with van der Waals surface area (Å²) in [5, 5.41) is 0. The van der Waals surface area contributed by atoms with E-state index in [-0.39, 0.29) is 10.8 Å². The van der Waals surface area contributed by atoms with Crippen LogP contribution in [-0.2, 0) is 10.8 Å². The van der Waals surface area contributed by atoms with E-state index >= 15 is 0 Å². The fourth-order valence-electron chi connectivity index (χ4n) is 2.65. The van der Waals surface area contributed by atoms with Gasteiger partial charge in [-0.2, -0.15) is 0 Å². The molecule has 0 amide bonds. The van der Waals surface area contributed by atoms with Crippen molar-refractivity contribution in [3.05, 3.63) is 53.6 Å². The van der Waals surface area contributed by atoms with Crippen molar-refractivity contribution in [2.45, 2.75) is 52.4 Å². The summed E-state index contributed by atoms with van der Waals surface area (Å²) in [4.78, 5) is 0. The predicted octanol–water partition coefficient (Wildman–Crippen LogP) is 5.96. The minimum absolute atomic E-state index is 0.0833. The normalized spacial score (nSPS) is 12.3. The lowest BCUT2D eigenvalue weighted by atomic mass is 9.84. The first-order valence-electron chi connectivity index (χ1n) is 7.92. The molecule has 0 N–H and O–H groups in total. The molecule has 0 spiro atoms. The van der Waals surface area contributed by atoms with E-state index < -0.39 is 0 Å². The predicted molar refractivity (Wildman–Crippen MR) is 95.8 cm³/mol. The fraction of sp³-hybridized carbons (Fsp3) is 0.429. The molecule has 0 bridgehead atoms. The van der Waals surface area contributed by atoms with Crippen LogP contribution in [0.5, 0.6) is 5.75 Å². The monoisotopic (exact) mass is 296 g/mol. The van der Waals surface area contributed by atoms with Crippen LogP contribution in [-0.4, -0.2) is 7.11 Å². The van der Waals surface area contributed by atoms with E-state index in [9.17, 15) is 0 Å². The Balaban J connectivity index is 2.42. The molecular weight excluding hydrogens is 268 g/mol. The minimum Gasteiger partial charge on any atom is -0.496 e. The lowest BCUT2D eigenvalue weighted by Gasteiger charge is -2.23. The van der Waals surface area contributed by atoms with Crippen LogP contribution >= 0.6 is 0 Å². The zero-order valence-electron chi connectivity index (χ0n) is 14.9. The van der Waals surface area contributed by atoms with Crippen molar-refractivity contribution in [3.8, 4) is 16.9 Å². The van der Waals surface area contributed by atoms with Gasteiger partial charge in [0.1, 0.15) is 5.75 Å². The van der Waals surface area contributed by atoms with Crippen LogP contribution in [0.15, 0.2) is 42.5 Å². The molecule has 1 nitrogen and oxygen atoms in total. The molecule has 2 rings (SSSR count). The number of ether oxygens (including phenoxy) is 1. The Hall–Kier alpha value is -1.76. The van der Waals surface area contributed by atoms with E-state index in [2.05, 4.69) is 84.0 Å². The van der Waals surface area contributed by atoms with Crippen molar-refractivity contribution in [1.82, 2.24) is 0 Å². The Morgan fingerprint density at radius 1 is 0.682 bits per heavy atom. The molecule has 0 saturated carbocycles. The SMILES string of the molecule is COc1cc(-c2ccc(C(C)(C)C)cc2)ccc1C(C)(C)C. The van der Waals surface area contributed by atoms with Gasteiger partial charge in [0.2, 0.25) is 0 Å². The summed E-state index contributed by atoms with van der Waals surface area (Å²) in [6.45, 7) is 13.4. The number of methoxy groups -OCH3 is 1. The minimum atomic E-state index is 0.0833. The highest BCUT2D eigenvalue weighted by Crippen LogP contribution is 2.35. The maximum absolute atomic E-state index is 5.61. The van der Waals surface area contributed by atoms with Gasteiger partial charge in [-0.15, -0.1) is 0 Å². The maximum atomic E-state index is 5.61. The van der Waals surface area contributed by atoms with Crippen LogP contribution in [0.25, 0.3) is 11.1 Å². The molecule has 0 aliphatic rings. The highest BCUT2D eigenvalue weighted by atomic mass is 16.5. The Labute approximate surface area is 135 Å². The van der Waals surface area contributed by atoms with E-state index in [1.165, 1.54) is 22.3 Å². The average molecular weight is 296 g/mol. The molecular formula is C21H28O. The molecule has 0 saturated heterocycles. The van der Waals surface area contributed by atoms with E-state index in [1.807, 2.05) is 0 Å². The smallest absolute Gasteiger partial charge is 0.123 e. The van der Waals surface area contributed by atoms with Crippen LogP contribution in [0.4, 0.5) is 0 Å². The Kier molecular flexibility index (Phi) is 4.37. The molecule has 0 atom stereocenters. The second kappa shape index (κ2) is 5.79. The quantitative estimate of drug-likeness (QED) is 0.664. The molecule has 0 fully saturated rings. The maximum Gasteiger partial charge on any atom is 0.123 e. The highest BCUT2D eigenvalue weighted by molar-refractivity contribution is 5.67. The van der Waals surface area contributed by atoms with Crippen LogP contribution in [0.2, 0.25) is 0 Å². The molecule has 1 heteroatoms. The second-order valence-electron chi connectivity index (χ2n) is 7.99. The van der Waals surface area contributed by atoms with Gasteiger partial charge in [-0.05, 0) is 39.2 Å². The number of hydrogen-bond acceptors (Lipinski definition) is 1. The summed E-state index contributed by atoms with van der Waals surface area (Å²) >= 11 is 0. The van der Waals surface area contributed by atoms with Gasteiger partial charge in [0.15, 0.2) is 0 Å². The summed E-state index contributed by atoms with van der Waals surface area (Å²) in [7, 11) is 1.75. The number of hydrogen-bond donors (Lipinski definition) is 0. The van der Waals surface area contributed by atoms with Crippen LogP contribution < -0.4 is 4.74 Å². The van der Waals surface area contributed by atoms with Gasteiger partial charge in [-0.3, -0.25) is 0 Å². The van der Waals surface area contributed by atoms with Gasteiger partial charge in [-0.25, -0.2) is 0 Å². The van der Waals surface area contributed by atoms with E-state index in [0.29, 0.717) is 0 Å². The molecule has 0 radical (unpaired) electrons. The van der Waals surface area contributed by atoms with Gasteiger partial charge in [-0.1, -0.05) is 77.9 Å². The van der Waals surface area contributed by atoms with E-state index in [0.717, 1.165) is 5.75 Å². The van der Waals surface area contributed by atoms with Crippen molar-refractivity contribution in [2.24, 2.45) is 0 Å². The Morgan fingerprint density at radius 3 is 1.68 bits per heavy atom. The standard InChI is InChI=1S/C21H28O/c1-20(2,3)17-11-8-15(9-12-17)16-10-13-18(21(4,5)6)19(14-16)22-7/h8-14H,1-7H3. The lowest BCUT2D eigenvalue weighted by Crippen LogP contribution is -2.12. The first kappa shape index (κ1) is 16.6. The molecule has 2 aromatic carbocycles. The zero-order chi connectivity index (χ0) is 16.5. The van der Waals surface area contributed by atoms with Crippen molar-refractivity contribution in [2.75, 3.05) is 7.11 Å². The average Bonchev–Trinajstić information content (AvgIpc) is 2.45. The molecule has 2 aromatic rings. The third kappa shape index (κ3) is 3.52. The third-order valence-electron chi connectivity index (χ3n) is 4.09. The van der Waals surface area contributed by atoms with Gasteiger partial charge < -0.3 is 4.74 Å². The summed E-state index contributed by atoms with van der Waals surface area (Å²) in [5.41, 5.74) is 5.29. The van der Waals surface area contributed by atoms with Crippen molar-refractivity contribution < 1.29 is 4.74 Å². The largest absolute Gasteiger partial charge is 0.496 e.